The van der Waals surface area contributed by atoms with Gasteiger partial charge in [-0.05, 0) is 38.0 Å². The largest absolute Gasteiger partial charge is 0.451 e. The Hall–Kier alpha value is -2.60. The minimum atomic E-state index is -0.0757. The first-order chi connectivity index (χ1) is 12.6. The zero-order valence-electron chi connectivity index (χ0n) is 15.1. The summed E-state index contributed by atoms with van der Waals surface area (Å²) in [7, 11) is 0. The number of furan rings is 1. The topological polar surface area (TPSA) is 60.5 Å². The third kappa shape index (κ3) is 3.24. The van der Waals surface area contributed by atoms with E-state index in [1.807, 2.05) is 53.9 Å². The molecule has 1 amide bonds. The molecule has 1 aromatic carbocycles. The van der Waals surface area contributed by atoms with E-state index in [0.717, 1.165) is 28.5 Å². The molecule has 0 radical (unpaired) electrons. The summed E-state index contributed by atoms with van der Waals surface area (Å²) in [4.78, 5) is 15.0. The maximum atomic E-state index is 13.1. The Balaban J connectivity index is 1.57. The first-order valence-corrected chi connectivity index (χ1v) is 9.00. The summed E-state index contributed by atoms with van der Waals surface area (Å²) in [6.07, 6.45) is 4.40. The van der Waals surface area contributed by atoms with E-state index < -0.39 is 0 Å². The molecule has 4 rings (SSSR count). The number of amides is 1. The van der Waals surface area contributed by atoms with E-state index in [1.54, 1.807) is 6.20 Å². The number of carbonyl (C=O) groups is 1. The fourth-order valence-corrected chi connectivity index (χ4v) is 3.49. The van der Waals surface area contributed by atoms with Gasteiger partial charge in [0.05, 0.1) is 12.6 Å². The molecule has 2 aromatic heterocycles. The molecule has 3 heterocycles. The third-order valence-electron chi connectivity index (χ3n) is 4.88. The van der Waals surface area contributed by atoms with Gasteiger partial charge in [0.1, 0.15) is 5.58 Å². The van der Waals surface area contributed by atoms with Gasteiger partial charge in [-0.2, -0.15) is 5.10 Å². The SMILES string of the molecule is Cc1ccc2c(C)c(C(=O)N3CCCO[C@H](Cn4cccn4)C3)oc2c1. The highest BCUT2D eigenvalue weighted by Crippen LogP contribution is 2.27. The van der Waals surface area contributed by atoms with Gasteiger partial charge >= 0.3 is 0 Å². The quantitative estimate of drug-likeness (QED) is 0.726. The predicted octanol–water partition coefficient (Wildman–Crippen LogP) is 3.18. The monoisotopic (exact) mass is 353 g/mol. The molecule has 0 aliphatic carbocycles. The predicted molar refractivity (Wildman–Crippen MR) is 98.2 cm³/mol. The molecule has 0 unspecified atom stereocenters. The van der Waals surface area contributed by atoms with E-state index in [4.69, 9.17) is 9.15 Å². The van der Waals surface area contributed by atoms with Crippen LogP contribution in [-0.4, -0.2) is 46.4 Å². The molecule has 0 saturated carbocycles. The van der Waals surface area contributed by atoms with Gasteiger partial charge in [-0.25, -0.2) is 0 Å². The summed E-state index contributed by atoms with van der Waals surface area (Å²) in [5.74, 6) is 0.373. The van der Waals surface area contributed by atoms with Crippen LogP contribution in [-0.2, 0) is 11.3 Å². The molecule has 0 spiro atoms. The van der Waals surface area contributed by atoms with Crippen molar-refractivity contribution in [3.8, 4) is 0 Å². The first kappa shape index (κ1) is 16.8. The van der Waals surface area contributed by atoms with Gasteiger partial charge in [-0.15, -0.1) is 0 Å². The zero-order chi connectivity index (χ0) is 18.1. The van der Waals surface area contributed by atoms with Gasteiger partial charge in [0.25, 0.3) is 5.91 Å². The Labute approximate surface area is 152 Å². The minimum absolute atomic E-state index is 0.0627. The molecule has 1 fully saturated rings. The van der Waals surface area contributed by atoms with E-state index in [1.165, 1.54) is 0 Å². The summed E-state index contributed by atoms with van der Waals surface area (Å²) < 4.78 is 13.7. The lowest BCUT2D eigenvalue weighted by molar-refractivity contribution is 0.0358. The lowest BCUT2D eigenvalue weighted by Crippen LogP contribution is -2.38. The van der Waals surface area contributed by atoms with Crippen molar-refractivity contribution in [1.29, 1.82) is 0 Å². The van der Waals surface area contributed by atoms with Crippen LogP contribution in [0.2, 0.25) is 0 Å². The van der Waals surface area contributed by atoms with E-state index in [2.05, 4.69) is 5.10 Å². The summed E-state index contributed by atoms with van der Waals surface area (Å²) in [5.41, 5.74) is 2.79. The van der Waals surface area contributed by atoms with Gasteiger partial charge in [0.2, 0.25) is 0 Å². The summed E-state index contributed by atoms with van der Waals surface area (Å²) in [5, 5.41) is 5.23. The smallest absolute Gasteiger partial charge is 0.289 e. The Morgan fingerprint density at radius 2 is 2.23 bits per heavy atom. The number of hydrogen-bond acceptors (Lipinski definition) is 4. The van der Waals surface area contributed by atoms with Crippen LogP contribution in [0.5, 0.6) is 0 Å². The Kier molecular flexibility index (Phi) is 4.51. The Morgan fingerprint density at radius 3 is 3.04 bits per heavy atom. The molecular weight excluding hydrogens is 330 g/mol. The number of nitrogens with zero attached hydrogens (tertiary/aromatic N) is 3. The number of hydrogen-bond donors (Lipinski definition) is 0. The number of benzene rings is 1. The summed E-state index contributed by atoms with van der Waals surface area (Å²) >= 11 is 0. The van der Waals surface area contributed by atoms with Gasteiger partial charge in [0.15, 0.2) is 5.76 Å². The molecule has 136 valence electrons. The van der Waals surface area contributed by atoms with Crippen molar-refractivity contribution in [1.82, 2.24) is 14.7 Å². The van der Waals surface area contributed by atoms with Crippen molar-refractivity contribution in [3.05, 3.63) is 53.5 Å². The molecule has 0 N–H and O–H groups in total. The molecular formula is C20H23N3O3. The molecule has 1 atom stereocenters. The number of aryl methyl sites for hydroxylation is 2. The van der Waals surface area contributed by atoms with Crippen LogP contribution >= 0.6 is 0 Å². The number of rotatable bonds is 3. The normalized spacial score (nSPS) is 18.2. The lowest BCUT2D eigenvalue weighted by atomic mass is 10.1. The Bertz CT molecular complexity index is 914. The standard InChI is InChI=1S/C20H23N3O3/c1-14-5-6-17-15(2)19(26-18(17)11-14)20(24)22-8-4-10-25-16(12-22)13-23-9-3-7-21-23/h3,5-7,9,11,16H,4,8,10,12-13H2,1-2H3/t16-/m0/s1. The van der Waals surface area contributed by atoms with Gasteiger partial charge in [-0.3, -0.25) is 9.48 Å². The van der Waals surface area contributed by atoms with Crippen molar-refractivity contribution in [3.63, 3.8) is 0 Å². The van der Waals surface area contributed by atoms with Crippen LogP contribution in [0.25, 0.3) is 11.0 Å². The van der Waals surface area contributed by atoms with Crippen molar-refractivity contribution in [2.45, 2.75) is 32.9 Å². The second kappa shape index (κ2) is 6.96. The number of carbonyl (C=O) groups excluding carboxylic acids is 1. The third-order valence-corrected chi connectivity index (χ3v) is 4.88. The fourth-order valence-electron chi connectivity index (χ4n) is 3.49. The zero-order valence-corrected chi connectivity index (χ0v) is 15.1. The second-order valence-corrected chi connectivity index (χ2v) is 6.88. The second-order valence-electron chi connectivity index (χ2n) is 6.88. The highest BCUT2D eigenvalue weighted by Gasteiger charge is 2.27. The maximum absolute atomic E-state index is 13.1. The molecule has 1 aliphatic heterocycles. The molecule has 3 aromatic rings. The van der Waals surface area contributed by atoms with E-state index in [0.29, 0.717) is 32.0 Å². The lowest BCUT2D eigenvalue weighted by Gasteiger charge is -2.23. The van der Waals surface area contributed by atoms with Crippen molar-refractivity contribution in [2.24, 2.45) is 0 Å². The van der Waals surface area contributed by atoms with Crippen LogP contribution in [0.4, 0.5) is 0 Å². The molecule has 1 saturated heterocycles. The van der Waals surface area contributed by atoms with Crippen LogP contribution in [0.3, 0.4) is 0 Å². The van der Waals surface area contributed by atoms with Crippen LogP contribution in [0.15, 0.2) is 41.1 Å². The number of ether oxygens (including phenoxy) is 1. The van der Waals surface area contributed by atoms with Crippen molar-refractivity contribution < 1.29 is 13.9 Å². The minimum Gasteiger partial charge on any atom is -0.451 e. The van der Waals surface area contributed by atoms with E-state index >= 15 is 0 Å². The molecule has 0 bridgehead atoms. The van der Waals surface area contributed by atoms with Gasteiger partial charge < -0.3 is 14.1 Å². The average Bonchev–Trinajstić information content (AvgIpc) is 3.17. The molecule has 26 heavy (non-hydrogen) atoms. The Morgan fingerprint density at radius 1 is 1.35 bits per heavy atom. The van der Waals surface area contributed by atoms with Gasteiger partial charge in [0, 0.05) is 43.0 Å². The molecule has 6 heteroatoms. The van der Waals surface area contributed by atoms with Crippen molar-refractivity contribution >= 4 is 16.9 Å². The van der Waals surface area contributed by atoms with Crippen LogP contribution in [0, 0.1) is 13.8 Å². The number of fused-ring (bicyclic) bond motifs is 1. The molecule has 1 aliphatic rings. The maximum Gasteiger partial charge on any atom is 0.289 e. The summed E-state index contributed by atoms with van der Waals surface area (Å²) in [6.45, 7) is 6.45. The summed E-state index contributed by atoms with van der Waals surface area (Å²) in [6, 6.07) is 7.93. The van der Waals surface area contributed by atoms with Gasteiger partial charge in [-0.1, -0.05) is 12.1 Å². The average molecular weight is 353 g/mol. The van der Waals surface area contributed by atoms with E-state index in [9.17, 15) is 4.79 Å². The highest BCUT2D eigenvalue weighted by molar-refractivity contribution is 5.99. The van der Waals surface area contributed by atoms with Crippen molar-refractivity contribution in [2.75, 3.05) is 19.7 Å². The van der Waals surface area contributed by atoms with Crippen LogP contribution in [0.1, 0.15) is 28.1 Å². The molecule has 6 nitrogen and oxygen atoms in total. The first-order valence-electron chi connectivity index (χ1n) is 9.00. The number of aromatic nitrogens is 2. The van der Waals surface area contributed by atoms with E-state index in [-0.39, 0.29) is 12.0 Å². The highest BCUT2D eigenvalue weighted by atomic mass is 16.5. The fraction of sp³-hybridized carbons (Fsp3) is 0.400. The van der Waals surface area contributed by atoms with Crippen LogP contribution < -0.4 is 0 Å².